The van der Waals surface area contributed by atoms with E-state index < -0.39 is 5.97 Å². The van der Waals surface area contributed by atoms with Gasteiger partial charge in [0.05, 0.1) is 0 Å². The minimum atomic E-state index is -1.04. The van der Waals surface area contributed by atoms with Gasteiger partial charge in [-0.25, -0.2) is 14.8 Å². The summed E-state index contributed by atoms with van der Waals surface area (Å²) in [6, 6.07) is 1.37. The highest BCUT2D eigenvalue weighted by atomic mass is 32.2. The predicted octanol–water partition coefficient (Wildman–Crippen LogP) is 1.73. The smallest absolute Gasteiger partial charge is 0.354 e. The molecule has 0 bridgehead atoms. The Bertz CT molecular complexity index is 360. The van der Waals surface area contributed by atoms with Gasteiger partial charge in [-0.3, -0.25) is 0 Å². The summed E-state index contributed by atoms with van der Waals surface area (Å²) in [4.78, 5) is 18.5. The number of thioether (sulfide) groups is 1. The van der Waals surface area contributed by atoms with Crippen LogP contribution in [-0.2, 0) is 0 Å². The molecule has 6 heteroatoms. The maximum atomic E-state index is 10.7. The minimum absolute atomic E-state index is 0.00964. The number of carbonyl (C=O) groups is 1. The molecule has 0 amide bonds. The van der Waals surface area contributed by atoms with Crippen molar-refractivity contribution in [2.75, 3.05) is 18.1 Å². The number of aromatic carboxylic acids is 1. The Labute approximate surface area is 98.7 Å². The quantitative estimate of drug-likeness (QED) is 0.790. The molecular formula is C10H15N3O2S. The summed E-state index contributed by atoms with van der Waals surface area (Å²) < 4.78 is 0. The Kier molecular flexibility index (Phi) is 5.04. The molecule has 5 nitrogen and oxygen atoms in total. The molecular weight excluding hydrogens is 226 g/mol. The minimum Gasteiger partial charge on any atom is -0.477 e. The first-order valence-electron chi connectivity index (χ1n) is 4.96. The molecule has 1 aromatic rings. The molecule has 1 aromatic heterocycles. The van der Waals surface area contributed by atoms with E-state index in [9.17, 15) is 4.79 Å². The summed E-state index contributed by atoms with van der Waals surface area (Å²) in [6.45, 7) is 2.88. The number of nitrogens with one attached hydrogen (secondary N) is 1. The van der Waals surface area contributed by atoms with Gasteiger partial charge in [-0.1, -0.05) is 6.92 Å². The maximum Gasteiger partial charge on any atom is 0.354 e. The molecule has 1 atom stereocenters. The third-order valence-corrected chi connectivity index (χ3v) is 3.15. The van der Waals surface area contributed by atoms with Crippen LogP contribution in [0.3, 0.4) is 0 Å². The molecule has 16 heavy (non-hydrogen) atoms. The van der Waals surface area contributed by atoms with Gasteiger partial charge in [-0.2, -0.15) is 11.8 Å². The van der Waals surface area contributed by atoms with E-state index in [1.807, 2.05) is 0 Å². The highest BCUT2D eigenvalue weighted by Crippen LogP contribution is 2.09. The lowest BCUT2D eigenvalue weighted by atomic mass is 10.3. The average Bonchev–Trinajstić information content (AvgIpc) is 2.29. The molecule has 1 unspecified atom stereocenters. The van der Waals surface area contributed by atoms with Crippen molar-refractivity contribution in [2.45, 2.75) is 18.6 Å². The molecule has 0 spiro atoms. The topological polar surface area (TPSA) is 75.1 Å². The summed E-state index contributed by atoms with van der Waals surface area (Å²) in [5, 5.41) is 12.3. The van der Waals surface area contributed by atoms with Gasteiger partial charge in [0.2, 0.25) is 5.95 Å². The van der Waals surface area contributed by atoms with Crippen LogP contribution in [0.15, 0.2) is 12.3 Å². The van der Waals surface area contributed by atoms with Gasteiger partial charge in [0.15, 0.2) is 5.69 Å². The molecule has 0 aliphatic heterocycles. The standard InChI is InChI=1S/C10H15N3O2S/c1-7(16-2)3-5-11-10-12-6-4-8(13-10)9(14)15/h4,6-7H,3,5H2,1-2H3,(H,14,15)(H,11,12,13). The highest BCUT2D eigenvalue weighted by molar-refractivity contribution is 7.99. The van der Waals surface area contributed by atoms with Crippen molar-refractivity contribution in [2.24, 2.45) is 0 Å². The van der Waals surface area contributed by atoms with E-state index in [-0.39, 0.29) is 5.69 Å². The lowest BCUT2D eigenvalue weighted by Gasteiger charge is -2.08. The zero-order valence-electron chi connectivity index (χ0n) is 9.30. The molecule has 0 saturated heterocycles. The van der Waals surface area contributed by atoms with Crippen LogP contribution in [0.25, 0.3) is 0 Å². The van der Waals surface area contributed by atoms with Crippen molar-refractivity contribution >= 4 is 23.7 Å². The molecule has 0 aromatic carbocycles. The largest absolute Gasteiger partial charge is 0.477 e. The van der Waals surface area contributed by atoms with Gasteiger partial charge in [-0.15, -0.1) is 0 Å². The van der Waals surface area contributed by atoms with E-state index in [2.05, 4.69) is 28.5 Å². The van der Waals surface area contributed by atoms with Crippen LogP contribution in [0.1, 0.15) is 23.8 Å². The monoisotopic (exact) mass is 241 g/mol. The normalized spacial score (nSPS) is 12.1. The van der Waals surface area contributed by atoms with Crippen molar-refractivity contribution in [3.63, 3.8) is 0 Å². The fraction of sp³-hybridized carbons (Fsp3) is 0.500. The Morgan fingerprint density at radius 2 is 2.44 bits per heavy atom. The second kappa shape index (κ2) is 6.32. The average molecular weight is 241 g/mol. The van der Waals surface area contributed by atoms with Crippen molar-refractivity contribution in [1.82, 2.24) is 9.97 Å². The first-order chi connectivity index (χ1) is 7.63. The number of carboxylic acid groups (broad SMARTS) is 1. The van der Waals surface area contributed by atoms with E-state index in [4.69, 9.17) is 5.11 Å². The van der Waals surface area contributed by atoms with Gasteiger partial charge in [0.1, 0.15) is 0 Å². The van der Waals surface area contributed by atoms with Crippen molar-refractivity contribution in [1.29, 1.82) is 0 Å². The predicted molar refractivity (Wildman–Crippen MR) is 65.1 cm³/mol. The van der Waals surface area contributed by atoms with E-state index in [0.29, 0.717) is 11.2 Å². The SMILES string of the molecule is CSC(C)CCNc1nccc(C(=O)O)n1. The van der Waals surface area contributed by atoms with Crippen molar-refractivity contribution in [3.8, 4) is 0 Å². The van der Waals surface area contributed by atoms with E-state index in [1.165, 1.54) is 12.3 Å². The van der Waals surface area contributed by atoms with Crippen LogP contribution in [0, 0.1) is 0 Å². The van der Waals surface area contributed by atoms with Gasteiger partial charge in [0.25, 0.3) is 0 Å². The summed E-state index contributed by atoms with van der Waals surface area (Å²) in [6.07, 6.45) is 4.49. The second-order valence-electron chi connectivity index (χ2n) is 3.33. The van der Waals surface area contributed by atoms with Gasteiger partial charge in [-0.05, 0) is 18.7 Å². The molecule has 0 saturated carbocycles. The second-order valence-corrected chi connectivity index (χ2v) is 4.61. The van der Waals surface area contributed by atoms with E-state index in [1.54, 1.807) is 11.8 Å². The van der Waals surface area contributed by atoms with Crippen LogP contribution in [0.2, 0.25) is 0 Å². The number of aromatic nitrogens is 2. The van der Waals surface area contributed by atoms with Crippen LogP contribution in [0.4, 0.5) is 5.95 Å². The molecule has 88 valence electrons. The summed E-state index contributed by atoms with van der Waals surface area (Å²) in [5.41, 5.74) is 0.00964. The highest BCUT2D eigenvalue weighted by Gasteiger charge is 2.06. The number of nitrogens with zero attached hydrogens (tertiary/aromatic N) is 2. The lowest BCUT2D eigenvalue weighted by molar-refractivity contribution is 0.0690. The molecule has 2 N–H and O–H groups in total. The van der Waals surface area contributed by atoms with Gasteiger partial charge < -0.3 is 10.4 Å². The third kappa shape index (κ3) is 4.06. The van der Waals surface area contributed by atoms with E-state index in [0.717, 1.165) is 13.0 Å². The molecule has 0 aliphatic carbocycles. The fourth-order valence-electron chi connectivity index (χ4n) is 1.07. The number of hydrogen-bond acceptors (Lipinski definition) is 5. The summed E-state index contributed by atoms with van der Waals surface area (Å²) in [7, 11) is 0. The molecule has 0 radical (unpaired) electrons. The zero-order chi connectivity index (χ0) is 12.0. The van der Waals surface area contributed by atoms with Gasteiger partial charge >= 0.3 is 5.97 Å². The Balaban J connectivity index is 2.48. The van der Waals surface area contributed by atoms with Crippen LogP contribution in [-0.4, -0.2) is 39.1 Å². The van der Waals surface area contributed by atoms with Crippen molar-refractivity contribution in [3.05, 3.63) is 18.0 Å². The van der Waals surface area contributed by atoms with Crippen LogP contribution in [0.5, 0.6) is 0 Å². The first kappa shape index (κ1) is 12.8. The Hall–Kier alpha value is -1.30. The summed E-state index contributed by atoms with van der Waals surface area (Å²) in [5.74, 6) is -0.670. The third-order valence-electron chi connectivity index (χ3n) is 2.11. The van der Waals surface area contributed by atoms with Crippen LogP contribution >= 0.6 is 11.8 Å². The number of rotatable bonds is 6. The van der Waals surface area contributed by atoms with E-state index >= 15 is 0 Å². The Morgan fingerprint density at radius 1 is 1.69 bits per heavy atom. The number of anilines is 1. The zero-order valence-corrected chi connectivity index (χ0v) is 10.1. The molecule has 1 heterocycles. The number of hydrogen-bond donors (Lipinski definition) is 2. The summed E-state index contributed by atoms with van der Waals surface area (Å²) >= 11 is 1.79. The lowest BCUT2D eigenvalue weighted by Crippen LogP contribution is -2.11. The molecule has 1 rings (SSSR count). The first-order valence-corrected chi connectivity index (χ1v) is 6.25. The van der Waals surface area contributed by atoms with Crippen LogP contribution < -0.4 is 5.32 Å². The molecule has 0 aliphatic rings. The van der Waals surface area contributed by atoms with Crippen molar-refractivity contribution < 1.29 is 9.90 Å². The fourth-order valence-corrected chi connectivity index (χ4v) is 1.42. The Morgan fingerprint density at radius 3 is 3.06 bits per heavy atom. The maximum absolute atomic E-state index is 10.7. The number of carboxylic acids is 1. The van der Waals surface area contributed by atoms with Gasteiger partial charge in [0, 0.05) is 18.0 Å². The molecule has 0 fully saturated rings.